The summed E-state index contributed by atoms with van der Waals surface area (Å²) < 4.78 is 2.22. The third kappa shape index (κ3) is 3.48. The quantitative estimate of drug-likeness (QED) is 0.734. The minimum atomic E-state index is 0.0202. The number of nitrogens with one attached hydrogen (secondary N) is 1. The molecule has 5 nitrogen and oxygen atoms in total. The van der Waals surface area contributed by atoms with E-state index in [0.717, 1.165) is 47.6 Å². The second-order valence-electron chi connectivity index (χ2n) is 5.92. The zero-order chi connectivity index (χ0) is 17.1. The Morgan fingerprint density at radius 2 is 2.17 bits per heavy atom. The van der Waals surface area contributed by atoms with Crippen molar-refractivity contribution in [3.63, 3.8) is 0 Å². The number of rotatable bonds is 6. The number of aryl methyl sites for hydroxylation is 4. The molecule has 24 heavy (non-hydrogen) atoms. The second-order valence-corrected chi connectivity index (χ2v) is 6.86. The number of carbonyl (C=O) groups excluding carboxylic acids is 1. The molecule has 0 spiro atoms. The van der Waals surface area contributed by atoms with Gasteiger partial charge in [-0.25, -0.2) is 9.97 Å². The summed E-state index contributed by atoms with van der Waals surface area (Å²) in [6.07, 6.45) is 2.26. The number of anilines is 1. The molecule has 0 fully saturated rings. The highest BCUT2D eigenvalue weighted by Gasteiger charge is 2.10. The Morgan fingerprint density at radius 3 is 2.88 bits per heavy atom. The van der Waals surface area contributed by atoms with Crippen molar-refractivity contribution in [1.29, 1.82) is 0 Å². The first-order valence-electron chi connectivity index (χ1n) is 8.24. The van der Waals surface area contributed by atoms with Crippen LogP contribution in [0.3, 0.4) is 0 Å². The van der Waals surface area contributed by atoms with Gasteiger partial charge < -0.3 is 9.88 Å². The van der Waals surface area contributed by atoms with Crippen LogP contribution in [0.25, 0.3) is 11.0 Å². The van der Waals surface area contributed by atoms with Crippen molar-refractivity contribution >= 4 is 34.0 Å². The van der Waals surface area contributed by atoms with Crippen molar-refractivity contribution < 1.29 is 4.79 Å². The smallest absolute Gasteiger partial charge is 0.224 e. The molecule has 3 rings (SSSR count). The maximum atomic E-state index is 12.2. The Balaban J connectivity index is 1.68. The predicted octanol–water partition coefficient (Wildman–Crippen LogP) is 4.09. The molecule has 0 bridgehead atoms. The second kappa shape index (κ2) is 7.13. The van der Waals surface area contributed by atoms with E-state index in [1.54, 1.807) is 11.3 Å². The van der Waals surface area contributed by atoms with Crippen LogP contribution in [-0.4, -0.2) is 20.4 Å². The third-order valence-electron chi connectivity index (χ3n) is 4.09. The van der Waals surface area contributed by atoms with E-state index in [1.807, 2.05) is 37.6 Å². The molecule has 0 aliphatic rings. The van der Waals surface area contributed by atoms with Crippen molar-refractivity contribution in [1.82, 2.24) is 14.5 Å². The fourth-order valence-corrected chi connectivity index (χ4v) is 3.63. The first-order chi connectivity index (χ1) is 11.6. The zero-order valence-electron chi connectivity index (χ0n) is 14.3. The summed E-state index contributed by atoms with van der Waals surface area (Å²) in [5.41, 5.74) is 5.69. The molecule has 3 aromatic rings. The molecule has 0 aliphatic carbocycles. The lowest BCUT2D eigenvalue weighted by molar-refractivity contribution is -0.116. The summed E-state index contributed by atoms with van der Waals surface area (Å²) in [5.74, 6) is 1.03. The predicted molar refractivity (Wildman–Crippen MR) is 98.6 cm³/mol. The molecule has 6 heteroatoms. The largest absolute Gasteiger partial charge is 0.328 e. The number of carbonyl (C=O) groups is 1. The molecule has 2 heterocycles. The van der Waals surface area contributed by atoms with Crippen molar-refractivity contribution in [2.24, 2.45) is 0 Å². The van der Waals surface area contributed by atoms with Crippen LogP contribution in [0, 0.1) is 13.8 Å². The molecule has 0 saturated carbocycles. The van der Waals surface area contributed by atoms with Crippen LogP contribution >= 0.6 is 11.3 Å². The van der Waals surface area contributed by atoms with Gasteiger partial charge in [-0.2, -0.15) is 0 Å². The van der Waals surface area contributed by atoms with Crippen LogP contribution in [0.4, 0.5) is 5.69 Å². The first kappa shape index (κ1) is 16.6. The number of fused-ring (bicyclic) bond motifs is 1. The molecule has 0 aliphatic heterocycles. The Kier molecular flexibility index (Phi) is 4.94. The van der Waals surface area contributed by atoms with E-state index in [0.29, 0.717) is 6.42 Å². The molecule has 126 valence electrons. The highest BCUT2D eigenvalue weighted by Crippen LogP contribution is 2.21. The number of benzene rings is 1. The van der Waals surface area contributed by atoms with Gasteiger partial charge in [0.05, 0.1) is 22.2 Å². The van der Waals surface area contributed by atoms with Gasteiger partial charge in [-0.05, 0) is 44.9 Å². The average molecular weight is 342 g/mol. The van der Waals surface area contributed by atoms with Crippen molar-refractivity contribution in [3.8, 4) is 0 Å². The molecule has 1 amide bonds. The highest BCUT2D eigenvalue weighted by atomic mass is 32.1. The van der Waals surface area contributed by atoms with Crippen LogP contribution < -0.4 is 5.32 Å². The normalized spacial score (nSPS) is 11.1. The Bertz CT molecular complexity index is 865. The van der Waals surface area contributed by atoms with E-state index in [1.165, 1.54) is 4.88 Å². The van der Waals surface area contributed by atoms with Gasteiger partial charge in [0.1, 0.15) is 5.82 Å². The molecule has 0 radical (unpaired) electrons. The summed E-state index contributed by atoms with van der Waals surface area (Å²) in [6.45, 7) is 7.12. The fourth-order valence-electron chi connectivity index (χ4n) is 2.85. The maximum absolute atomic E-state index is 12.2. The Hall–Kier alpha value is -2.21. The fraction of sp³-hybridized carbons (Fsp3) is 0.389. The van der Waals surface area contributed by atoms with Crippen LogP contribution in [0.15, 0.2) is 23.7 Å². The molecule has 1 N–H and O–H groups in total. The Morgan fingerprint density at radius 1 is 1.33 bits per heavy atom. The molecule has 0 unspecified atom stereocenters. The number of hydrogen-bond acceptors (Lipinski definition) is 4. The summed E-state index contributed by atoms with van der Waals surface area (Å²) in [6, 6.07) is 5.93. The first-order valence-corrected chi connectivity index (χ1v) is 9.12. The topological polar surface area (TPSA) is 59.8 Å². The SMILES string of the molecule is CCCn1c(C)nc2cc(NC(=O)CCc3scnc3C)ccc21. The number of nitrogens with zero attached hydrogens (tertiary/aromatic N) is 3. The van der Waals surface area contributed by atoms with Crippen molar-refractivity contribution in [2.75, 3.05) is 5.32 Å². The lowest BCUT2D eigenvalue weighted by atomic mass is 10.2. The summed E-state index contributed by atoms with van der Waals surface area (Å²) in [4.78, 5) is 22.2. The van der Waals surface area contributed by atoms with E-state index >= 15 is 0 Å². The average Bonchev–Trinajstić information content (AvgIpc) is 3.09. The van der Waals surface area contributed by atoms with Crippen LogP contribution in [0.1, 0.15) is 36.2 Å². The molecule has 0 saturated heterocycles. The van der Waals surface area contributed by atoms with E-state index in [9.17, 15) is 4.79 Å². The number of imidazole rings is 1. The lowest BCUT2D eigenvalue weighted by Gasteiger charge is -2.07. The molecule has 1 aromatic carbocycles. The molecular formula is C18H22N4OS. The van der Waals surface area contributed by atoms with E-state index < -0.39 is 0 Å². The van der Waals surface area contributed by atoms with Gasteiger partial charge >= 0.3 is 0 Å². The lowest BCUT2D eigenvalue weighted by Crippen LogP contribution is -2.12. The van der Waals surface area contributed by atoms with Gasteiger partial charge in [-0.1, -0.05) is 6.92 Å². The highest BCUT2D eigenvalue weighted by molar-refractivity contribution is 7.09. The van der Waals surface area contributed by atoms with Gasteiger partial charge in [0, 0.05) is 23.5 Å². The molecule has 2 aromatic heterocycles. The number of aromatic nitrogens is 3. The van der Waals surface area contributed by atoms with Gasteiger partial charge in [0.25, 0.3) is 0 Å². The van der Waals surface area contributed by atoms with E-state index in [-0.39, 0.29) is 5.91 Å². The van der Waals surface area contributed by atoms with Crippen molar-refractivity contribution in [2.45, 2.75) is 46.6 Å². The molecular weight excluding hydrogens is 320 g/mol. The Labute approximate surface area is 145 Å². The number of thiazole rings is 1. The minimum absolute atomic E-state index is 0.0202. The zero-order valence-corrected chi connectivity index (χ0v) is 15.1. The van der Waals surface area contributed by atoms with Crippen LogP contribution in [-0.2, 0) is 17.8 Å². The maximum Gasteiger partial charge on any atom is 0.224 e. The number of amides is 1. The minimum Gasteiger partial charge on any atom is -0.328 e. The number of hydrogen-bond donors (Lipinski definition) is 1. The van der Waals surface area contributed by atoms with E-state index in [2.05, 4.69) is 26.8 Å². The van der Waals surface area contributed by atoms with E-state index in [4.69, 9.17) is 0 Å². The van der Waals surface area contributed by atoms with Crippen molar-refractivity contribution in [3.05, 3.63) is 40.1 Å². The van der Waals surface area contributed by atoms with Crippen LogP contribution in [0.2, 0.25) is 0 Å². The standard InChI is InChI=1S/C18H22N4OS/c1-4-9-22-13(3)20-15-10-14(5-6-16(15)22)21-18(23)8-7-17-12(2)19-11-24-17/h5-6,10-11H,4,7-9H2,1-3H3,(H,21,23). The summed E-state index contributed by atoms with van der Waals surface area (Å²) in [7, 11) is 0. The molecule has 0 atom stereocenters. The summed E-state index contributed by atoms with van der Waals surface area (Å²) >= 11 is 1.60. The third-order valence-corrected chi connectivity index (χ3v) is 5.09. The van der Waals surface area contributed by atoms with Crippen LogP contribution in [0.5, 0.6) is 0 Å². The van der Waals surface area contributed by atoms with Gasteiger partial charge in [-0.15, -0.1) is 11.3 Å². The van der Waals surface area contributed by atoms with Gasteiger partial charge in [0.15, 0.2) is 0 Å². The van der Waals surface area contributed by atoms with Gasteiger partial charge in [0.2, 0.25) is 5.91 Å². The summed E-state index contributed by atoms with van der Waals surface area (Å²) in [5, 5.41) is 2.97. The monoisotopic (exact) mass is 342 g/mol. The van der Waals surface area contributed by atoms with Gasteiger partial charge in [-0.3, -0.25) is 4.79 Å².